The van der Waals surface area contributed by atoms with Crippen molar-refractivity contribution in [1.29, 1.82) is 0 Å². The number of hydrogen-bond donors (Lipinski definition) is 1. The van der Waals surface area contributed by atoms with E-state index in [-0.39, 0.29) is 17.3 Å². The van der Waals surface area contributed by atoms with E-state index in [2.05, 4.69) is 4.90 Å². The number of ketones is 1. The number of carbonyl (C=O) groups excluding carboxylic acids is 1. The molecule has 30 heavy (non-hydrogen) atoms. The van der Waals surface area contributed by atoms with E-state index in [1.54, 1.807) is 38.5 Å². The maximum absolute atomic E-state index is 13.1. The van der Waals surface area contributed by atoms with Crippen molar-refractivity contribution in [2.45, 2.75) is 32.7 Å². The van der Waals surface area contributed by atoms with Gasteiger partial charge in [-0.25, -0.2) is 0 Å². The molecule has 0 atom stereocenters. The molecule has 4 rings (SSSR count). The van der Waals surface area contributed by atoms with Crippen LogP contribution in [0.1, 0.15) is 46.3 Å². The van der Waals surface area contributed by atoms with Gasteiger partial charge in [-0.15, -0.1) is 0 Å². The highest BCUT2D eigenvalue weighted by Gasteiger charge is 2.34. The van der Waals surface area contributed by atoms with E-state index in [9.17, 15) is 9.90 Å². The lowest BCUT2D eigenvalue weighted by Crippen LogP contribution is -2.29. The van der Waals surface area contributed by atoms with E-state index in [1.807, 2.05) is 13.0 Å². The zero-order chi connectivity index (χ0) is 21.3. The molecule has 2 heterocycles. The Kier molecular flexibility index (Phi) is 5.68. The summed E-state index contributed by atoms with van der Waals surface area (Å²) in [5, 5.41) is 10.6. The number of ether oxygens (including phenoxy) is 3. The van der Waals surface area contributed by atoms with Crippen LogP contribution in [0.2, 0.25) is 0 Å². The summed E-state index contributed by atoms with van der Waals surface area (Å²) in [7, 11) is 3.16. The van der Waals surface area contributed by atoms with Gasteiger partial charge in [0.05, 0.1) is 25.3 Å². The number of Topliss-reactive ketones (excluding diaryl/α,β-unsaturated/α-hetero) is 1. The van der Waals surface area contributed by atoms with Crippen LogP contribution in [0.15, 0.2) is 30.0 Å². The lowest BCUT2D eigenvalue weighted by molar-refractivity contribution is 0.101. The zero-order valence-electron chi connectivity index (χ0n) is 17.7. The normalized spacial score (nSPS) is 17.7. The number of nitrogens with zero attached hydrogens (tertiary/aromatic N) is 1. The molecular formula is C24H27NO5. The number of rotatable bonds is 5. The molecule has 0 saturated carbocycles. The first-order valence-electron chi connectivity index (χ1n) is 10.3. The molecule has 0 aliphatic carbocycles. The first-order chi connectivity index (χ1) is 14.5. The predicted octanol–water partition coefficient (Wildman–Crippen LogP) is 4.32. The number of aromatic hydroxyl groups is 1. The molecule has 0 unspecified atom stereocenters. The fourth-order valence-electron chi connectivity index (χ4n) is 4.15. The van der Waals surface area contributed by atoms with Crippen LogP contribution in [0.4, 0.5) is 0 Å². The van der Waals surface area contributed by atoms with E-state index < -0.39 is 0 Å². The summed E-state index contributed by atoms with van der Waals surface area (Å²) in [5.74, 6) is 1.94. The van der Waals surface area contributed by atoms with E-state index in [4.69, 9.17) is 14.2 Å². The molecule has 0 spiro atoms. The Morgan fingerprint density at radius 3 is 2.60 bits per heavy atom. The van der Waals surface area contributed by atoms with Crippen LogP contribution in [0, 0.1) is 6.92 Å². The molecule has 2 aliphatic heterocycles. The second-order valence-electron chi connectivity index (χ2n) is 7.78. The molecule has 6 heteroatoms. The maximum atomic E-state index is 13.1. The minimum atomic E-state index is -0.180. The molecule has 158 valence electrons. The highest BCUT2D eigenvalue weighted by Crippen LogP contribution is 2.43. The van der Waals surface area contributed by atoms with Crippen LogP contribution in [-0.4, -0.2) is 43.1 Å². The zero-order valence-corrected chi connectivity index (χ0v) is 17.7. The predicted molar refractivity (Wildman–Crippen MR) is 114 cm³/mol. The van der Waals surface area contributed by atoms with Crippen LogP contribution in [-0.2, 0) is 6.54 Å². The highest BCUT2D eigenvalue weighted by molar-refractivity contribution is 6.16. The summed E-state index contributed by atoms with van der Waals surface area (Å²) in [4.78, 5) is 15.4. The Hall–Kier alpha value is -2.99. The molecular weight excluding hydrogens is 382 g/mol. The van der Waals surface area contributed by atoms with Gasteiger partial charge in [0, 0.05) is 18.2 Å². The molecule has 2 aromatic rings. The minimum absolute atomic E-state index is 0.174. The average Bonchev–Trinajstić information content (AvgIpc) is 3.08. The summed E-state index contributed by atoms with van der Waals surface area (Å²) in [6.07, 6.45) is 5.22. The van der Waals surface area contributed by atoms with Crippen LogP contribution in [0.25, 0.3) is 6.08 Å². The number of fused-ring (bicyclic) bond motifs is 1. The number of benzene rings is 2. The number of allylic oxidation sites excluding steroid dienone is 1. The number of piperidine rings is 1. The quantitative estimate of drug-likeness (QED) is 0.742. The Labute approximate surface area is 176 Å². The summed E-state index contributed by atoms with van der Waals surface area (Å²) in [5.41, 5.74) is 2.63. The molecule has 6 nitrogen and oxygen atoms in total. The van der Waals surface area contributed by atoms with Crippen molar-refractivity contribution in [3.63, 3.8) is 0 Å². The number of carbonyl (C=O) groups is 1. The van der Waals surface area contributed by atoms with Crippen molar-refractivity contribution in [1.82, 2.24) is 4.90 Å². The second kappa shape index (κ2) is 8.40. The SMILES string of the molecule is COc1ccc(/C=C2\Oc3c(CN4CCCCC4)c(O)cc(C)c3C2=O)c(OC)c1. The van der Waals surface area contributed by atoms with Gasteiger partial charge in [-0.05, 0) is 62.7 Å². The van der Waals surface area contributed by atoms with Gasteiger partial charge in [0.15, 0.2) is 5.76 Å². The first-order valence-corrected chi connectivity index (χ1v) is 10.3. The third-order valence-electron chi connectivity index (χ3n) is 5.78. The van der Waals surface area contributed by atoms with Crippen LogP contribution in [0.5, 0.6) is 23.0 Å². The number of aryl methyl sites for hydroxylation is 1. The maximum Gasteiger partial charge on any atom is 0.232 e. The Bertz CT molecular complexity index is 1010. The van der Waals surface area contributed by atoms with Crippen LogP contribution in [0.3, 0.4) is 0 Å². The Balaban J connectivity index is 1.71. The molecule has 1 N–H and O–H groups in total. The standard InChI is InChI=1S/C24H27NO5/c1-15-11-19(26)18(14-25-9-5-4-6-10-25)24-22(15)23(27)21(30-24)12-16-7-8-17(28-2)13-20(16)29-3/h7-8,11-13,26H,4-6,9-10,14H2,1-3H3/b21-12-. The van der Waals surface area contributed by atoms with E-state index in [0.717, 1.165) is 25.9 Å². The van der Waals surface area contributed by atoms with E-state index in [0.29, 0.717) is 46.0 Å². The number of phenols is 1. The lowest BCUT2D eigenvalue weighted by atomic mass is 9.98. The van der Waals surface area contributed by atoms with Gasteiger partial charge in [0.25, 0.3) is 0 Å². The van der Waals surface area contributed by atoms with Gasteiger partial charge in [-0.3, -0.25) is 9.69 Å². The number of hydrogen-bond acceptors (Lipinski definition) is 6. The van der Waals surface area contributed by atoms with Crippen molar-refractivity contribution in [2.24, 2.45) is 0 Å². The van der Waals surface area contributed by atoms with Gasteiger partial charge in [0.1, 0.15) is 23.0 Å². The van der Waals surface area contributed by atoms with Gasteiger partial charge in [-0.1, -0.05) is 6.42 Å². The first kappa shape index (κ1) is 20.3. The number of likely N-dealkylation sites (tertiary alicyclic amines) is 1. The van der Waals surface area contributed by atoms with Gasteiger partial charge >= 0.3 is 0 Å². The number of phenolic OH excluding ortho intramolecular Hbond substituents is 1. The van der Waals surface area contributed by atoms with Crippen molar-refractivity contribution < 1.29 is 24.1 Å². The molecule has 0 bridgehead atoms. The third-order valence-corrected chi connectivity index (χ3v) is 5.78. The molecule has 2 aliphatic rings. The van der Waals surface area contributed by atoms with E-state index in [1.165, 1.54) is 6.42 Å². The molecule has 0 radical (unpaired) electrons. The molecule has 0 aromatic heterocycles. The molecule has 1 fully saturated rings. The molecule has 2 aromatic carbocycles. The molecule has 0 amide bonds. The summed E-state index contributed by atoms with van der Waals surface area (Å²) >= 11 is 0. The van der Waals surface area contributed by atoms with Crippen molar-refractivity contribution in [3.8, 4) is 23.0 Å². The van der Waals surface area contributed by atoms with Crippen molar-refractivity contribution in [2.75, 3.05) is 27.3 Å². The minimum Gasteiger partial charge on any atom is -0.507 e. The van der Waals surface area contributed by atoms with Gasteiger partial charge in [-0.2, -0.15) is 0 Å². The van der Waals surface area contributed by atoms with Crippen molar-refractivity contribution >= 4 is 11.9 Å². The molecule has 1 saturated heterocycles. The average molecular weight is 409 g/mol. The Morgan fingerprint density at radius 1 is 1.13 bits per heavy atom. The second-order valence-corrected chi connectivity index (χ2v) is 7.78. The monoisotopic (exact) mass is 409 g/mol. The van der Waals surface area contributed by atoms with Crippen LogP contribution >= 0.6 is 0 Å². The topological polar surface area (TPSA) is 68.2 Å². The lowest BCUT2D eigenvalue weighted by Gasteiger charge is -2.27. The van der Waals surface area contributed by atoms with Gasteiger partial charge < -0.3 is 19.3 Å². The smallest absolute Gasteiger partial charge is 0.232 e. The van der Waals surface area contributed by atoms with Crippen molar-refractivity contribution in [3.05, 3.63) is 52.3 Å². The summed E-state index contributed by atoms with van der Waals surface area (Å²) in [6, 6.07) is 7.05. The summed E-state index contributed by atoms with van der Waals surface area (Å²) in [6.45, 7) is 4.37. The Morgan fingerprint density at radius 2 is 1.90 bits per heavy atom. The van der Waals surface area contributed by atoms with Gasteiger partial charge in [0.2, 0.25) is 5.78 Å². The highest BCUT2D eigenvalue weighted by atomic mass is 16.5. The van der Waals surface area contributed by atoms with E-state index >= 15 is 0 Å². The third kappa shape index (κ3) is 3.75. The fourth-order valence-corrected chi connectivity index (χ4v) is 4.15. The van der Waals surface area contributed by atoms with Crippen LogP contribution < -0.4 is 14.2 Å². The largest absolute Gasteiger partial charge is 0.507 e. The fraction of sp³-hybridized carbons (Fsp3) is 0.375. The number of methoxy groups -OCH3 is 2. The summed E-state index contributed by atoms with van der Waals surface area (Å²) < 4.78 is 16.7.